The van der Waals surface area contributed by atoms with E-state index in [1.165, 1.54) is 11.3 Å². The molecule has 0 radical (unpaired) electrons. The minimum atomic E-state index is -0.0612. The Hall–Kier alpha value is -1.88. The molecule has 1 heterocycles. The molecular formula is C19H18ClNO2S. The van der Waals surface area contributed by atoms with Crippen LogP contribution in [0.5, 0.6) is 0 Å². The first-order valence-corrected chi connectivity index (χ1v) is 8.92. The van der Waals surface area contributed by atoms with Crippen molar-refractivity contribution in [3.05, 3.63) is 69.6 Å². The number of amides is 1. The molecule has 3 rings (SSSR count). The zero-order valence-electron chi connectivity index (χ0n) is 13.3. The van der Waals surface area contributed by atoms with Crippen molar-refractivity contribution in [3.8, 4) is 0 Å². The maximum atomic E-state index is 13.0. The molecule has 0 saturated heterocycles. The summed E-state index contributed by atoms with van der Waals surface area (Å²) in [5.74, 6) is -0.0530. The number of hydrogen-bond donors (Lipinski definition) is 1. The van der Waals surface area contributed by atoms with Gasteiger partial charge in [0.15, 0.2) is 0 Å². The Bertz CT molecular complexity index is 860. The topological polar surface area (TPSA) is 40.5 Å². The van der Waals surface area contributed by atoms with Gasteiger partial charge in [-0.1, -0.05) is 41.9 Å². The summed E-state index contributed by atoms with van der Waals surface area (Å²) >= 11 is 7.55. The third-order valence-corrected chi connectivity index (χ3v) is 5.46. The average molecular weight is 360 g/mol. The van der Waals surface area contributed by atoms with Crippen molar-refractivity contribution in [3.63, 3.8) is 0 Å². The number of halogens is 1. The lowest BCUT2D eigenvalue weighted by atomic mass is 10.1. The fraction of sp³-hybridized carbons (Fsp3) is 0.211. The van der Waals surface area contributed by atoms with Crippen LogP contribution in [0.2, 0.25) is 5.02 Å². The molecule has 0 atom stereocenters. The van der Waals surface area contributed by atoms with Gasteiger partial charge in [0.1, 0.15) is 0 Å². The summed E-state index contributed by atoms with van der Waals surface area (Å²) < 4.78 is 1.05. The molecule has 1 aromatic heterocycles. The first-order chi connectivity index (χ1) is 11.6. The Balaban J connectivity index is 1.94. The van der Waals surface area contributed by atoms with E-state index in [0.29, 0.717) is 23.0 Å². The number of benzene rings is 2. The Morgan fingerprint density at radius 3 is 2.67 bits per heavy atom. The van der Waals surface area contributed by atoms with Gasteiger partial charge in [-0.15, -0.1) is 11.3 Å². The molecule has 0 spiro atoms. The van der Waals surface area contributed by atoms with E-state index in [4.69, 9.17) is 11.6 Å². The van der Waals surface area contributed by atoms with Crippen LogP contribution in [0.25, 0.3) is 10.1 Å². The van der Waals surface area contributed by atoms with E-state index in [1.807, 2.05) is 55.5 Å². The molecule has 0 aliphatic heterocycles. The highest BCUT2D eigenvalue weighted by atomic mass is 35.5. The number of carbonyl (C=O) groups excluding carboxylic acids is 1. The van der Waals surface area contributed by atoms with E-state index in [9.17, 15) is 9.90 Å². The third kappa shape index (κ3) is 3.46. The van der Waals surface area contributed by atoms with Crippen molar-refractivity contribution in [2.75, 3.05) is 13.2 Å². The fourth-order valence-electron chi connectivity index (χ4n) is 2.72. The van der Waals surface area contributed by atoms with Gasteiger partial charge >= 0.3 is 0 Å². The second-order valence-electron chi connectivity index (χ2n) is 5.63. The van der Waals surface area contributed by atoms with Crippen molar-refractivity contribution in [1.82, 2.24) is 4.90 Å². The molecular weight excluding hydrogens is 342 g/mol. The molecule has 0 fully saturated rings. The minimum Gasteiger partial charge on any atom is -0.395 e. The van der Waals surface area contributed by atoms with Crippen LogP contribution >= 0.6 is 22.9 Å². The van der Waals surface area contributed by atoms with Crippen molar-refractivity contribution in [2.24, 2.45) is 0 Å². The number of hydrogen-bond acceptors (Lipinski definition) is 3. The van der Waals surface area contributed by atoms with E-state index >= 15 is 0 Å². The molecule has 2 aromatic carbocycles. The van der Waals surface area contributed by atoms with Crippen molar-refractivity contribution in [1.29, 1.82) is 0 Å². The van der Waals surface area contributed by atoms with E-state index in [1.54, 1.807) is 4.90 Å². The van der Waals surface area contributed by atoms with Crippen LogP contribution in [0.4, 0.5) is 0 Å². The zero-order chi connectivity index (χ0) is 17.1. The first-order valence-electron chi connectivity index (χ1n) is 7.73. The molecule has 24 heavy (non-hydrogen) atoms. The van der Waals surface area contributed by atoms with Crippen LogP contribution in [-0.2, 0) is 6.54 Å². The van der Waals surface area contributed by atoms with Crippen molar-refractivity contribution >= 4 is 38.9 Å². The summed E-state index contributed by atoms with van der Waals surface area (Å²) in [5.41, 5.74) is 1.99. The van der Waals surface area contributed by atoms with Crippen LogP contribution in [0, 0.1) is 6.92 Å². The molecule has 1 N–H and O–H groups in total. The fourth-order valence-corrected chi connectivity index (χ4v) is 4.05. The Morgan fingerprint density at radius 2 is 1.96 bits per heavy atom. The maximum Gasteiger partial charge on any atom is 0.264 e. The normalized spacial score (nSPS) is 11.0. The molecule has 0 aliphatic carbocycles. The van der Waals surface area contributed by atoms with Gasteiger partial charge in [-0.05, 0) is 41.6 Å². The molecule has 1 amide bonds. The van der Waals surface area contributed by atoms with Gasteiger partial charge in [-0.2, -0.15) is 0 Å². The zero-order valence-corrected chi connectivity index (χ0v) is 14.9. The molecule has 0 bridgehead atoms. The van der Waals surface area contributed by atoms with E-state index in [0.717, 1.165) is 21.2 Å². The average Bonchev–Trinajstić information content (AvgIpc) is 2.91. The number of nitrogens with zero attached hydrogens (tertiary/aromatic N) is 1. The van der Waals surface area contributed by atoms with Gasteiger partial charge in [0, 0.05) is 22.8 Å². The number of fused-ring (bicyclic) bond motifs is 1. The van der Waals surface area contributed by atoms with Gasteiger partial charge in [0.25, 0.3) is 5.91 Å². The largest absolute Gasteiger partial charge is 0.395 e. The summed E-state index contributed by atoms with van der Waals surface area (Å²) in [7, 11) is 0. The summed E-state index contributed by atoms with van der Waals surface area (Å²) in [5, 5.41) is 11.0. The highest BCUT2D eigenvalue weighted by Gasteiger charge is 2.21. The predicted octanol–water partition coefficient (Wildman–Crippen LogP) is 4.50. The summed E-state index contributed by atoms with van der Waals surface area (Å²) in [6.45, 7) is 2.67. The Kier molecular flexibility index (Phi) is 5.19. The first kappa shape index (κ1) is 17.0. The third-order valence-electron chi connectivity index (χ3n) is 3.97. The predicted molar refractivity (Wildman–Crippen MR) is 99.8 cm³/mol. The minimum absolute atomic E-state index is 0.0530. The van der Waals surface area contributed by atoms with Gasteiger partial charge in [-0.3, -0.25) is 4.79 Å². The number of thiophene rings is 1. The summed E-state index contributed by atoms with van der Waals surface area (Å²) in [6.07, 6.45) is 0. The van der Waals surface area contributed by atoms with Crippen LogP contribution in [0.15, 0.2) is 48.5 Å². The van der Waals surface area contributed by atoms with Crippen LogP contribution in [0.1, 0.15) is 20.8 Å². The second-order valence-corrected chi connectivity index (χ2v) is 7.12. The number of aliphatic hydroxyl groups is 1. The maximum absolute atomic E-state index is 13.0. The summed E-state index contributed by atoms with van der Waals surface area (Å²) in [6, 6.07) is 15.5. The second kappa shape index (κ2) is 7.34. The number of rotatable bonds is 5. The molecule has 3 aromatic rings. The standard InChI is InChI=1S/C19H18ClNO2S/c1-13-16-11-15(20)7-8-17(16)24-18(13)19(23)21(9-10-22)12-14-5-3-2-4-6-14/h2-8,11,22H,9-10,12H2,1H3. The van der Waals surface area contributed by atoms with Crippen LogP contribution in [0.3, 0.4) is 0 Å². The monoisotopic (exact) mass is 359 g/mol. The van der Waals surface area contributed by atoms with Crippen molar-refractivity contribution < 1.29 is 9.90 Å². The van der Waals surface area contributed by atoms with Gasteiger partial charge < -0.3 is 10.0 Å². The highest BCUT2D eigenvalue weighted by molar-refractivity contribution is 7.21. The van der Waals surface area contributed by atoms with Gasteiger partial charge in [0.2, 0.25) is 0 Å². The molecule has 0 unspecified atom stereocenters. The van der Waals surface area contributed by atoms with Crippen molar-refractivity contribution in [2.45, 2.75) is 13.5 Å². The summed E-state index contributed by atoms with van der Waals surface area (Å²) in [4.78, 5) is 15.4. The number of aryl methyl sites for hydroxylation is 1. The van der Waals surface area contributed by atoms with E-state index in [2.05, 4.69) is 0 Å². The molecule has 0 saturated carbocycles. The Morgan fingerprint density at radius 1 is 1.21 bits per heavy atom. The smallest absolute Gasteiger partial charge is 0.264 e. The quantitative estimate of drug-likeness (QED) is 0.728. The van der Waals surface area contributed by atoms with Gasteiger partial charge in [-0.25, -0.2) is 0 Å². The van der Waals surface area contributed by atoms with Crippen LogP contribution < -0.4 is 0 Å². The molecule has 5 heteroatoms. The number of aliphatic hydroxyl groups excluding tert-OH is 1. The molecule has 0 aliphatic rings. The molecule has 3 nitrogen and oxygen atoms in total. The number of carbonyl (C=O) groups is 1. The van der Waals surface area contributed by atoms with Gasteiger partial charge in [0.05, 0.1) is 11.5 Å². The van der Waals surface area contributed by atoms with Crippen LogP contribution in [-0.4, -0.2) is 29.1 Å². The molecule has 124 valence electrons. The lowest BCUT2D eigenvalue weighted by molar-refractivity contribution is 0.0712. The lowest BCUT2D eigenvalue weighted by Gasteiger charge is -2.21. The van der Waals surface area contributed by atoms with E-state index < -0.39 is 0 Å². The Labute approximate surface area is 150 Å². The SMILES string of the molecule is Cc1c(C(=O)N(CCO)Cc2ccccc2)sc2ccc(Cl)cc12. The van der Waals surface area contributed by atoms with E-state index in [-0.39, 0.29) is 12.5 Å². The lowest BCUT2D eigenvalue weighted by Crippen LogP contribution is -2.32. The highest BCUT2D eigenvalue weighted by Crippen LogP contribution is 2.33.